The van der Waals surface area contributed by atoms with Crippen molar-refractivity contribution in [3.8, 4) is 0 Å². The van der Waals surface area contributed by atoms with E-state index in [1.165, 1.54) is 57.8 Å². The Kier molecular flexibility index (Phi) is 4.94. The monoisotopic (exact) mass is 293 g/mol. The molecule has 1 heterocycles. The van der Waals surface area contributed by atoms with Crippen LogP contribution < -0.4 is 16.0 Å². The third-order valence-corrected chi connectivity index (χ3v) is 5.28. The van der Waals surface area contributed by atoms with Gasteiger partial charge in [-0.05, 0) is 57.2 Å². The lowest BCUT2D eigenvalue weighted by Crippen LogP contribution is -2.65. The van der Waals surface area contributed by atoms with Crippen molar-refractivity contribution in [3.63, 3.8) is 0 Å². The summed E-state index contributed by atoms with van der Waals surface area (Å²) in [5.74, 6) is 0.691. The maximum atomic E-state index is 5.35. The summed E-state index contributed by atoms with van der Waals surface area (Å²) in [6.45, 7) is 1.08. The van der Waals surface area contributed by atoms with Crippen LogP contribution in [0.5, 0.6) is 0 Å². The van der Waals surface area contributed by atoms with Crippen LogP contribution in [0.25, 0.3) is 0 Å². The third-order valence-electron chi connectivity index (χ3n) is 5.05. The van der Waals surface area contributed by atoms with E-state index in [0.717, 1.165) is 11.7 Å². The van der Waals surface area contributed by atoms with Crippen LogP contribution in [0.2, 0.25) is 0 Å². The minimum atomic E-state index is 0.373. The Morgan fingerprint density at radius 3 is 2.90 bits per heavy atom. The van der Waals surface area contributed by atoms with Gasteiger partial charge in [0.2, 0.25) is 0 Å². The van der Waals surface area contributed by atoms with Gasteiger partial charge in [-0.15, -0.1) is 0 Å². The Bertz CT molecular complexity index is 380. The largest absolute Gasteiger partial charge is 0.360 e. The molecule has 3 aliphatic rings. The Labute approximate surface area is 128 Å². The molecule has 3 nitrogen and oxygen atoms in total. The zero-order chi connectivity index (χ0) is 13.8. The Hall–Kier alpha value is -0.610. The standard InChI is InChI=1S/C16H27N3S/c20-16-18-14-9-5-4-8-13(14)15(19-16)17-11-10-12-6-2-1-3-7-12/h6,13-15,17H,1-5,7-11H2,(H2,18,19,20). The summed E-state index contributed by atoms with van der Waals surface area (Å²) in [4.78, 5) is 0. The van der Waals surface area contributed by atoms with Crippen molar-refractivity contribution in [2.24, 2.45) is 5.92 Å². The molecule has 112 valence electrons. The molecule has 0 aromatic rings. The van der Waals surface area contributed by atoms with Crippen LogP contribution in [0.15, 0.2) is 11.6 Å². The van der Waals surface area contributed by atoms with Gasteiger partial charge in [0.25, 0.3) is 0 Å². The van der Waals surface area contributed by atoms with Gasteiger partial charge in [0.05, 0.1) is 6.17 Å². The third kappa shape index (κ3) is 3.53. The van der Waals surface area contributed by atoms with Crippen LogP contribution >= 0.6 is 12.2 Å². The molecular formula is C16H27N3S. The van der Waals surface area contributed by atoms with Crippen molar-refractivity contribution in [2.75, 3.05) is 6.54 Å². The van der Waals surface area contributed by atoms with Gasteiger partial charge in [-0.1, -0.05) is 24.5 Å². The second kappa shape index (κ2) is 6.90. The molecule has 1 saturated heterocycles. The fourth-order valence-corrected chi connectivity index (χ4v) is 4.20. The summed E-state index contributed by atoms with van der Waals surface area (Å²) in [5.41, 5.74) is 1.65. The van der Waals surface area contributed by atoms with E-state index in [1.807, 2.05) is 0 Å². The number of hydrogen-bond donors (Lipinski definition) is 3. The van der Waals surface area contributed by atoms with Gasteiger partial charge in [0.1, 0.15) is 0 Å². The van der Waals surface area contributed by atoms with E-state index >= 15 is 0 Å². The highest BCUT2D eigenvalue weighted by Gasteiger charge is 2.36. The van der Waals surface area contributed by atoms with Crippen molar-refractivity contribution < 1.29 is 0 Å². The number of fused-ring (bicyclic) bond motifs is 1. The van der Waals surface area contributed by atoms with Gasteiger partial charge >= 0.3 is 0 Å². The predicted molar refractivity (Wildman–Crippen MR) is 87.6 cm³/mol. The van der Waals surface area contributed by atoms with Crippen molar-refractivity contribution in [1.29, 1.82) is 0 Å². The molecule has 3 rings (SSSR count). The molecule has 0 bridgehead atoms. The van der Waals surface area contributed by atoms with Crippen LogP contribution in [0, 0.1) is 5.92 Å². The van der Waals surface area contributed by atoms with Crippen LogP contribution in [0.4, 0.5) is 0 Å². The molecule has 3 unspecified atom stereocenters. The van der Waals surface area contributed by atoms with E-state index in [2.05, 4.69) is 22.0 Å². The van der Waals surface area contributed by atoms with Gasteiger partial charge in [-0.2, -0.15) is 0 Å². The minimum absolute atomic E-state index is 0.373. The molecule has 2 aliphatic carbocycles. The fourth-order valence-electron chi connectivity index (χ4n) is 3.92. The second-order valence-corrected chi connectivity index (χ2v) is 6.87. The number of thiocarbonyl (C=S) groups is 1. The van der Waals surface area contributed by atoms with Crippen molar-refractivity contribution in [1.82, 2.24) is 16.0 Å². The zero-order valence-electron chi connectivity index (χ0n) is 12.3. The van der Waals surface area contributed by atoms with Crippen LogP contribution in [-0.4, -0.2) is 23.9 Å². The lowest BCUT2D eigenvalue weighted by molar-refractivity contribution is 0.190. The SMILES string of the molecule is S=C1NC2CCCCC2C(NCCC2=CCCCC2)N1. The Morgan fingerprint density at radius 1 is 1.15 bits per heavy atom. The van der Waals surface area contributed by atoms with Crippen LogP contribution in [-0.2, 0) is 0 Å². The smallest absolute Gasteiger partial charge is 0.167 e. The first-order valence-corrected chi connectivity index (χ1v) is 8.72. The summed E-state index contributed by atoms with van der Waals surface area (Å²) < 4.78 is 0. The first kappa shape index (κ1) is 14.3. The maximum absolute atomic E-state index is 5.35. The Morgan fingerprint density at radius 2 is 2.05 bits per heavy atom. The maximum Gasteiger partial charge on any atom is 0.167 e. The molecule has 0 spiro atoms. The number of hydrogen-bond acceptors (Lipinski definition) is 2. The lowest BCUT2D eigenvalue weighted by Gasteiger charge is -2.43. The van der Waals surface area contributed by atoms with E-state index < -0.39 is 0 Å². The summed E-state index contributed by atoms with van der Waals surface area (Å²) >= 11 is 5.35. The molecule has 1 aliphatic heterocycles. The van der Waals surface area contributed by atoms with Gasteiger partial charge in [-0.25, -0.2) is 0 Å². The number of rotatable bonds is 4. The molecule has 0 amide bonds. The first-order chi connectivity index (χ1) is 9.83. The van der Waals surface area contributed by atoms with E-state index in [-0.39, 0.29) is 0 Å². The van der Waals surface area contributed by atoms with Gasteiger partial charge in [0, 0.05) is 18.5 Å². The molecule has 0 aromatic carbocycles. The topological polar surface area (TPSA) is 36.1 Å². The predicted octanol–water partition coefficient (Wildman–Crippen LogP) is 2.83. The van der Waals surface area contributed by atoms with Gasteiger partial charge in [0.15, 0.2) is 5.11 Å². The molecular weight excluding hydrogens is 266 g/mol. The molecule has 3 atom stereocenters. The highest BCUT2D eigenvalue weighted by atomic mass is 32.1. The van der Waals surface area contributed by atoms with Crippen molar-refractivity contribution in [2.45, 2.75) is 70.0 Å². The van der Waals surface area contributed by atoms with Gasteiger partial charge in [-0.3, -0.25) is 5.32 Å². The lowest BCUT2D eigenvalue weighted by atomic mass is 9.81. The summed E-state index contributed by atoms with van der Waals surface area (Å²) in [6.07, 6.45) is 14.7. The van der Waals surface area contributed by atoms with E-state index in [1.54, 1.807) is 5.57 Å². The average molecular weight is 293 g/mol. The Balaban J connectivity index is 1.49. The summed E-state index contributed by atoms with van der Waals surface area (Å²) in [6, 6.07) is 0.587. The molecule has 3 N–H and O–H groups in total. The molecule has 0 radical (unpaired) electrons. The minimum Gasteiger partial charge on any atom is -0.360 e. The normalized spacial score (nSPS) is 33.7. The first-order valence-electron chi connectivity index (χ1n) is 8.31. The average Bonchev–Trinajstić information content (AvgIpc) is 2.48. The molecule has 0 aromatic heterocycles. The van der Waals surface area contributed by atoms with Gasteiger partial charge < -0.3 is 10.6 Å². The quantitative estimate of drug-likeness (QED) is 0.550. The van der Waals surface area contributed by atoms with E-state index in [4.69, 9.17) is 12.2 Å². The highest BCUT2D eigenvalue weighted by Crippen LogP contribution is 2.28. The molecule has 4 heteroatoms. The summed E-state index contributed by atoms with van der Waals surface area (Å²) in [5, 5.41) is 11.5. The molecule has 20 heavy (non-hydrogen) atoms. The van der Waals surface area contributed by atoms with E-state index in [0.29, 0.717) is 18.1 Å². The van der Waals surface area contributed by atoms with Crippen LogP contribution in [0.1, 0.15) is 57.8 Å². The fraction of sp³-hybridized carbons (Fsp3) is 0.812. The van der Waals surface area contributed by atoms with Crippen molar-refractivity contribution >= 4 is 17.3 Å². The molecule has 1 saturated carbocycles. The number of nitrogens with one attached hydrogen (secondary N) is 3. The molecule has 2 fully saturated rings. The zero-order valence-corrected chi connectivity index (χ0v) is 13.1. The van der Waals surface area contributed by atoms with Crippen molar-refractivity contribution in [3.05, 3.63) is 11.6 Å². The second-order valence-electron chi connectivity index (χ2n) is 6.46. The highest BCUT2D eigenvalue weighted by molar-refractivity contribution is 7.80. The number of allylic oxidation sites excluding steroid dienone is 1. The summed E-state index contributed by atoms with van der Waals surface area (Å²) in [7, 11) is 0. The van der Waals surface area contributed by atoms with E-state index in [9.17, 15) is 0 Å². The van der Waals surface area contributed by atoms with Crippen LogP contribution in [0.3, 0.4) is 0 Å².